The van der Waals surface area contributed by atoms with Gasteiger partial charge in [-0.3, -0.25) is 0 Å². The van der Waals surface area contributed by atoms with Gasteiger partial charge in [-0.2, -0.15) is 4.98 Å². The van der Waals surface area contributed by atoms with Gasteiger partial charge in [0, 0.05) is 37.2 Å². The van der Waals surface area contributed by atoms with E-state index in [2.05, 4.69) is 27.1 Å². The van der Waals surface area contributed by atoms with Gasteiger partial charge in [0.05, 0.1) is 31.1 Å². The van der Waals surface area contributed by atoms with Crippen LogP contribution in [-0.4, -0.2) is 86.0 Å². The maximum Gasteiger partial charge on any atom is 0.256 e. The van der Waals surface area contributed by atoms with E-state index in [9.17, 15) is 13.2 Å². The topological polar surface area (TPSA) is 111 Å². The fourth-order valence-corrected chi connectivity index (χ4v) is 5.67. The van der Waals surface area contributed by atoms with Crippen molar-refractivity contribution in [2.75, 3.05) is 50.6 Å². The third-order valence-electron chi connectivity index (χ3n) is 7.81. The Kier molecular flexibility index (Phi) is 6.79. The normalized spacial score (nSPS) is 20.8. The molecular weight excluding hydrogens is 511 g/mol. The van der Waals surface area contributed by atoms with Crippen LogP contribution in [0.1, 0.15) is 30.8 Å². The lowest BCUT2D eigenvalue weighted by Gasteiger charge is -2.36. The number of nitrogens with two attached hydrogens (primary N) is 1. The van der Waals surface area contributed by atoms with Crippen molar-refractivity contribution in [3.05, 3.63) is 29.7 Å². The predicted octanol–water partition coefficient (Wildman–Crippen LogP) is 3.50. The van der Waals surface area contributed by atoms with E-state index in [-0.39, 0.29) is 30.4 Å². The Hall–Kier alpha value is -3.45. The Balaban J connectivity index is 1.39. The van der Waals surface area contributed by atoms with E-state index < -0.39 is 13.0 Å². The molecule has 39 heavy (non-hydrogen) atoms. The lowest BCUT2D eigenvalue weighted by atomic mass is 9.94. The number of alkyl halides is 3. The summed E-state index contributed by atoms with van der Waals surface area (Å²) in [5.74, 6) is 1.60. The SMILES string of the molecule is Cc1nc2ccc(-c3cc(C4COC4)n4nc(N[C@H]5CCN(CCF)C[C@H]5C)nc(N)c34)nc2n1CC(F)F. The highest BCUT2D eigenvalue weighted by Gasteiger charge is 2.30. The van der Waals surface area contributed by atoms with Crippen LogP contribution < -0.4 is 11.1 Å². The summed E-state index contributed by atoms with van der Waals surface area (Å²) in [6, 6.07) is 5.72. The molecule has 0 saturated carbocycles. The van der Waals surface area contributed by atoms with Crippen molar-refractivity contribution in [2.24, 2.45) is 5.92 Å². The molecule has 0 aliphatic carbocycles. The van der Waals surface area contributed by atoms with Crippen LogP contribution in [0.15, 0.2) is 18.2 Å². The summed E-state index contributed by atoms with van der Waals surface area (Å²) < 4.78 is 48.0. The molecule has 4 aromatic rings. The number of nitrogens with one attached hydrogen (secondary N) is 1. The lowest BCUT2D eigenvalue weighted by molar-refractivity contribution is 0.00606. The number of pyridine rings is 1. The van der Waals surface area contributed by atoms with Crippen molar-refractivity contribution in [3.63, 3.8) is 0 Å². The van der Waals surface area contributed by atoms with E-state index in [1.807, 2.05) is 16.6 Å². The van der Waals surface area contributed by atoms with Gasteiger partial charge in [0.1, 0.15) is 23.5 Å². The smallest absolute Gasteiger partial charge is 0.256 e. The molecule has 0 spiro atoms. The predicted molar refractivity (Wildman–Crippen MR) is 142 cm³/mol. The Morgan fingerprint density at radius 3 is 2.72 bits per heavy atom. The standard InChI is InChI=1S/C26H32F3N9O/c1-14-10-36(8-6-27)7-5-18(14)33-26-34-24(30)23-17(9-21(38(23)35-26)16-12-39-13-16)19-3-4-20-25(32-19)37(11-22(28)29)15(2)31-20/h3-4,9,14,16,18,22H,5-8,10-13H2,1-2H3,(H3,30,33,34,35)/t14-,18+/m1/s1. The summed E-state index contributed by atoms with van der Waals surface area (Å²) in [6.45, 7) is 6.19. The zero-order valence-corrected chi connectivity index (χ0v) is 21.9. The van der Waals surface area contributed by atoms with Gasteiger partial charge >= 0.3 is 0 Å². The third kappa shape index (κ3) is 4.78. The van der Waals surface area contributed by atoms with Crippen molar-refractivity contribution in [1.82, 2.24) is 34.0 Å². The molecule has 2 aliphatic heterocycles. The first-order valence-electron chi connectivity index (χ1n) is 13.3. The van der Waals surface area contributed by atoms with E-state index in [1.54, 1.807) is 13.0 Å². The molecule has 3 N–H and O–H groups in total. The molecule has 0 amide bonds. The molecular formula is C26H32F3N9O. The second kappa shape index (κ2) is 10.3. The number of halogens is 3. The van der Waals surface area contributed by atoms with Crippen LogP contribution in [0.4, 0.5) is 24.9 Å². The maximum absolute atomic E-state index is 13.3. The van der Waals surface area contributed by atoms with Crippen molar-refractivity contribution < 1.29 is 17.9 Å². The summed E-state index contributed by atoms with van der Waals surface area (Å²) in [4.78, 5) is 15.9. The molecule has 2 fully saturated rings. The van der Waals surface area contributed by atoms with Gasteiger partial charge in [0.15, 0.2) is 11.5 Å². The zero-order valence-electron chi connectivity index (χ0n) is 21.9. The minimum atomic E-state index is -2.53. The quantitative estimate of drug-likeness (QED) is 0.348. The molecule has 2 aliphatic rings. The second-order valence-corrected chi connectivity index (χ2v) is 10.5. The summed E-state index contributed by atoms with van der Waals surface area (Å²) in [7, 11) is 0. The number of aromatic nitrogens is 6. The van der Waals surface area contributed by atoms with E-state index in [0.29, 0.717) is 53.9 Å². The summed E-state index contributed by atoms with van der Waals surface area (Å²) in [5, 5.41) is 8.29. The molecule has 0 aromatic carbocycles. The third-order valence-corrected chi connectivity index (χ3v) is 7.81. The molecule has 4 aromatic heterocycles. The van der Waals surface area contributed by atoms with Crippen LogP contribution in [0.3, 0.4) is 0 Å². The van der Waals surface area contributed by atoms with Crippen molar-refractivity contribution in [1.29, 1.82) is 0 Å². The highest BCUT2D eigenvalue weighted by Crippen LogP contribution is 2.36. The highest BCUT2D eigenvalue weighted by molar-refractivity contribution is 5.89. The van der Waals surface area contributed by atoms with Gasteiger partial charge in [-0.25, -0.2) is 27.7 Å². The van der Waals surface area contributed by atoms with Crippen LogP contribution in [-0.2, 0) is 11.3 Å². The first kappa shape index (κ1) is 25.8. The monoisotopic (exact) mass is 543 g/mol. The number of rotatable bonds is 8. The van der Waals surface area contributed by atoms with Crippen LogP contribution in [0.25, 0.3) is 27.9 Å². The first-order valence-corrected chi connectivity index (χ1v) is 13.3. The van der Waals surface area contributed by atoms with E-state index in [4.69, 9.17) is 20.6 Å². The number of anilines is 2. The van der Waals surface area contributed by atoms with Crippen LogP contribution in [0.2, 0.25) is 0 Å². The number of ether oxygens (including phenoxy) is 1. The van der Waals surface area contributed by atoms with E-state index >= 15 is 0 Å². The average Bonchev–Trinajstić information content (AvgIpc) is 3.37. The number of aryl methyl sites for hydroxylation is 1. The molecule has 10 nitrogen and oxygen atoms in total. The summed E-state index contributed by atoms with van der Waals surface area (Å²) in [6.07, 6.45) is -1.68. The van der Waals surface area contributed by atoms with Crippen molar-refractivity contribution in [2.45, 2.75) is 45.2 Å². The summed E-state index contributed by atoms with van der Waals surface area (Å²) >= 11 is 0. The van der Waals surface area contributed by atoms with Crippen molar-refractivity contribution in [3.8, 4) is 11.3 Å². The zero-order chi connectivity index (χ0) is 27.3. The minimum absolute atomic E-state index is 0.130. The van der Waals surface area contributed by atoms with Gasteiger partial charge in [-0.1, -0.05) is 6.92 Å². The number of hydrogen-bond acceptors (Lipinski definition) is 8. The van der Waals surface area contributed by atoms with Gasteiger partial charge < -0.3 is 25.3 Å². The van der Waals surface area contributed by atoms with Crippen molar-refractivity contribution >= 4 is 28.4 Å². The molecule has 6 heterocycles. The Labute approximate surface area is 223 Å². The second-order valence-electron chi connectivity index (χ2n) is 10.5. The Morgan fingerprint density at radius 1 is 1.21 bits per heavy atom. The van der Waals surface area contributed by atoms with Crippen LogP contribution in [0.5, 0.6) is 0 Å². The molecule has 13 heteroatoms. The molecule has 0 radical (unpaired) electrons. The average molecular weight is 544 g/mol. The molecule has 6 rings (SSSR count). The maximum atomic E-state index is 13.3. The fourth-order valence-electron chi connectivity index (χ4n) is 5.67. The lowest BCUT2D eigenvalue weighted by Crippen LogP contribution is -2.46. The molecule has 208 valence electrons. The molecule has 0 unspecified atom stereocenters. The number of likely N-dealkylation sites (tertiary alicyclic amines) is 1. The van der Waals surface area contributed by atoms with Gasteiger partial charge in [0.25, 0.3) is 6.43 Å². The number of fused-ring (bicyclic) bond motifs is 2. The first-order chi connectivity index (χ1) is 18.8. The fraction of sp³-hybridized carbons (Fsp3) is 0.538. The Morgan fingerprint density at radius 2 is 2.03 bits per heavy atom. The highest BCUT2D eigenvalue weighted by atomic mass is 19.3. The Bertz CT molecular complexity index is 1500. The number of piperidine rings is 1. The minimum Gasteiger partial charge on any atom is -0.382 e. The van der Waals surface area contributed by atoms with Gasteiger partial charge in [-0.15, -0.1) is 5.10 Å². The summed E-state index contributed by atoms with van der Waals surface area (Å²) in [5.41, 5.74) is 10.3. The van der Waals surface area contributed by atoms with Crippen LogP contribution >= 0.6 is 0 Å². The largest absolute Gasteiger partial charge is 0.382 e. The van der Waals surface area contributed by atoms with E-state index in [1.165, 1.54) is 4.57 Å². The number of nitrogens with zero attached hydrogens (tertiary/aromatic N) is 7. The number of imidazole rings is 1. The number of nitrogen functional groups attached to an aromatic ring is 1. The number of hydrogen-bond donors (Lipinski definition) is 2. The molecule has 0 bridgehead atoms. The van der Waals surface area contributed by atoms with E-state index in [0.717, 1.165) is 30.8 Å². The van der Waals surface area contributed by atoms with Gasteiger partial charge in [-0.05, 0) is 37.5 Å². The van der Waals surface area contributed by atoms with Gasteiger partial charge in [0.2, 0.25) is 5.95 Å². The molecule has 2 atom stereocenters. The van der Waals surface area contributed by atoms with Crippen LogP contribution in [0, 0.1) is 12.8 Å². The molecule has 2 saturated heterocycles.